The SMILES string of the molecule is CC(=O)Oc1c(C)ncc(/C=C/C(=O)O)c1C. The molecule has 5 nitrogen and oxygen atoms in total. The van der Waals surface area contributed by atoms with Crippen LogP contribution in [0.5, 0.6) is 5.75 Å². The molecule has 1 heterocycles. The summed E-state index contributed by atoms with van der Waals surface area (Å²) in [5.41, 5.74) is 1.88. The van der Waals surface area contributed by atoms with Crippen molar-refractivity contribution in [1.29, 1.82) is 0 Å². The molecule has 5 heteroatoms. The maximum Gasteiger partial charge on any atom is 0.328 e. The van der Waals surface area contributed by atoms with Gasteiger partial charge in [-0.15, -0.1) is 0 Å². The fourth-order valence-corrected chi connectivity index (χ4v) is 1.35. The van der Waals surface area contributed by atoms with E-state index in [1.54, 1.807) is 13.8 Å². The molecular formula is C12H13NO4. The molecule has 0 aromatic carbocycles. The van der Waals surface area contributed by atoms with Crippen LogP contribution in [-0.2, 0) is 9.59 Å². The molecule has 0 radical (unpaired) electrons. The van der Waals surface area contributed by atoms with Crippen molar-refractivity contribution in [2.45, 2.75) is 20.8 Å². The lowest BCUT2D eigenvalue weighted by molar-refractivity contribution is -0.132. The standard InChI is InChI=1S/C12H13NO4/c1-7-10(4-5-11(15)16)6-13-8(2)12(7)17-9(3)14/h4-6H,1-3H3,(H,15,16)/b5-4+. The van der Waals surface area contributed by atoms with E-state index >= 15 is 0 Å². The number of aliphatic carboxylic acids is 1. The molecule has 0 saturated carbocycles. The van der Waals surface area contributed by atoms with Crippen LogP contribution in [0.2, 0.25) is 0 Å². The second kappa shape index (κ2) is 5.25. The molecule has 1 N–H and O–H groups in total. The molecule has 0 bridgehead atoms. The number of pyridine rings is 1. The Hall–Kier alpha value is -2.17. The van der Waals surface area contributed by atoms with Gasteiger partial charge in [-0.1, -0.05) is 0 Å². The van der Waals surface area contributed by atoms with Gasteiger partial charge in [0.25, 0.3) is 0 Å². The number of nitrogens with zero attached hydrogens (tertiary/aromatic N) is 1. The molecular weight excluding hydrogens is 222 g/mol. The Bertz CT molecular complexity index is 492. The minimum Gasteiger partial charge on any atom is -0.478 e. The number of hydrogen-bond donors (Lipinski definition) is 1. The Labute approximate surface area is 98.7 Å². The first-order valence-electron chi connectivity index (χ1n) is 4.97. The fourth-order valence-electron chi connectivity index (χ4n) is 1.35. The molecule has 0 spiro atoms. The van der Waals surface area contributed by atoms with Gasteiger partial charge < -0.3 is 9.84 Å². The average molecular weight is 235 g/mol. The van der Waals surface area contributed by atoms with Gasteiger partial charge in [-0.2, -0.15) is 0 Å². The summed E-state index contributed by atoms with van der Waals surface area (Å²) < 4.78 is 5.04. The van der Waals surface area contributed by atoms with Crippen LogP contribution in [0, 0.1) is 13.8 Å². The zero-order chi connectivity index (χ0) is 13.0. The van der Waals surface area contributed by atoms with Crippen LogP contribution in [0.1, 0.15) is 23.7 Å². The van der Waals surface area contributed by atoms with Crippen molar-refractivity contribution in [2.75, 3.05) is 0 Å². The highest BCUT2D eigenvalue weighted by molar-refractivity contribution is 5.85. The zero-order valence-corrected chi connectivity index (χ0v) is 9.85. The van der Waals surface area contributed by atoms with E-state index in [0.29, 0.717) is 22.6 Å². The molecule has 1 aromatic heterocycles. The monoisotopic (exact) mass is 235 g/mol. The predicted octanol–water partition coefficient (Wildman–Crippen LogP) is 1.72. The smallest absolute Gasteiger partial charge is 0.328 e. The van der Waals surface area contributed by atoms with Gasteiger partial charge in [0.05, 0.1) is 5.69 Å². The van der Waals surface area contributed by atoms with Crippen molar-refractivity contribution < 1.29 is 19.4 Å². The molecule has 0 aliphatic heterocycles. The number of carboxylic acids is 1. The van der Waals surface area contributed by atoms with Gasteiger partial charge in [-0.25, -0.2) is 4.79 Å². The van der Waals surface area contributed by atoms with Crippen molar-refractivity contribution in [3.63, 3.8) is 0 Å². The number of aryl methyl sites for hydroxylation is 1. The summed E-state index contributed by atoms with van der Waals surface area (Å²) in [5.74, 6) is -1.10. The third kappa shape index (κ3) is 3.41. The number of rotatable bonds is 3. The quantitative estimate of drug-likeness (QED) is 0.637. The molecule has 1 rings (SSSR count). The lowest BCUT2D eigenvalue weighted by Gasteiger charge is -2.10. The molecule has 0 aliphatic rings. The Kier molecular flexibility index (Phi) is 3.98. The van der Waals surface area contributed by atoms with Crippen molar-refractivity contribution in [2.24, 2.45) is 0 Å². The van der Waals surface area contributed by atoms with E-state index in [1.807, 2.05) is 0 Å². The van der Waals surface area contributed by atoms with Crippen LogP contribution in [0.15, 0.2) is 12.3 Å². The van der Waals surface area contributed by atoms with Crippen molar-refractivity contribution in [1.82, 2.24) is 4.98 Å². The first kappa shape index (κ1) is 12.9. The number of carbonyl (C=O) groups excluding carboxylic acids is 1. The summed E-state index contributed by atoms with van der Waals surface area (Å²) >= 11 is 0. The maximum absolute atomic E-state index is 10.9. The lowest BCUT2D eigenvalue weighted by Crippen LogP contribution is -2.06. The molecule has 17 heavy (non-hydrogen) atoms. The van der Waals surface area contributed by atoms with Crippen LogP contribution in [-0.4, -0.2) is 22.0 Å². The van der Waals surface area contributed by atoms with E-state index in [2.05, 4.69) is 4.98 Å². The largest absolute Gasteiger partial charge is 0.478 e. The van der Waals surface area contributed by atoms with Crippen LogP contribution < -0.4 is 4.74 Å². The van der Waals surface area contributed by atoms with Gasteiger partial charge in [0, 0.05) is 24.8 Å². The highest BCUT2D eigenvalue weighted by Gasteiger charge is 2.10. The minimum atomic E-state index is -1.04. The predicted molar refractivity (Wildman–Crippen MR) is 61.7 cm³/mol. The molecule has 0 unspecified atom stereocenters. The van der Waals surface area contributed by atoms with Crippen LogP contribution in [0.3, 0.4) is 0 Å². The number of carboxylic acid groups (broad SMARTS) is 1. The highest BCUT2D eigenvalue weighted by Crippen LogP contribution is 2.25. The number of carbonyl (C=O) groups is 2. The highest BCUT2D eigenvalue weighted by atomic mass is 16.5. The molecule has 0 amide bonds. The second-order valence-corrected chi connectivity index (χ2v) is 3.52. The number of aromatic nitrogens is 1. The van der Waals surface area contributed by atoms with E-state index in [0.717, 1.165) is 6.08 Å². The summed E-state index contributed by atoms with van der Waals surface area (Å²) in [7, 11) is 0. The summed E-state index contributed by atoms with van der Waals surface area (Å²) in [6.07, 6.45) is 3.96. The summed E-state index contributed by atoms with van der Waals surface area (Å²) in [5, 5.41) is 8.54. The molecule has 0 aliphatic carbocycles. The lowest BCUT2D eigenvalue weighted by atomic mass is 10.1. The Balaban J connectivity index is 3.18. The Morgan fingerprint density at radius 2 is 2.06 bits per heavy atom. The third-order valence-electron chi connectivity index (χ3n) is 2.15. The van der Waals surface area contributed by atoms with Gasteiger partial charge in [0.2, 0.25) is 0 Å². The van der Waals surface area contributed by atoms with Crippen molar-refractivity contribution >= 4 is 18.0 Å². The summed E-state index contributed by atoms with van der Waals surface area (Å²) in [4.78, 5) is 25.4. The molecule has 90 valence electrons. The second-order valence-electron chi connectivity index (χ2n) is 3.52. The summed E-state index contributed by atoms with van der Waals surface area (Å²) in [6, 6.07) is 0. The van der Waals surface area contributed by atoms with E-state index in [4.69, 9.17) is 9.84 Å². The van der Waals surface area contributed by atoms with Crippen molar-refractivity contribution in [3.8, 4) is 5.75 Å². The Morgan fingerprint density at radius 3 is 2.59 bits per heavy atom. The Morgan fingerprint density at radius 1 is 1.41 bits per heavy atom. The first-order valence-corrected chi connectivity index (χ1v) is 4.97. The minimum absolute atomic E-state index is 0.380. The number of esters is 1. The van der Waals surface area contributed by atoms with Gasteiger partial charge in [-0.05, 0) is 25.5 Å². The fraction of sp³-hybridized carbons (Fsp3) is 0.250. The normalized spacial score (nSPS) is 10.5. The summed E-state index contributed by atoms with van der Waals surface area (Å²) in [6.45, 7) is 4.77. The maximum atomic E-state index is 10.9. The van der Waals surface area contributed by atoms with Crippen molar-refractivity contribution in [3.05, 3.63) is 29.1 Å². The van der Waals surface area contributed by atoms with Crippen LogP contribution in [0.25, 0.3) is 6.08 Å². The average Bonchev–Trinajstić information content (AvgIpc) is 2.22. The van der Waals surface area contributed by atoms with Gasteiger partial charge in [-0.3, -0.25) is 9.78 Å². The number of ether oxygens (including phenoxy) is 1. The van der Waals surface area contributed by atoms with Gasteiger partial charge >= 0.3 is 11.9 Å². The third-order valence-corrected chi connectivity index (χ3v) is 2.15. The van der Waals surface area contributed by atoms with Gasteiger partial charge in [0.1, 0.15) is 0 Å². The van der Waals surface area contributed by atoms with E-state index in [9.17, 15) is 9.59 Å². The van der Waals surface area contributed by atoms with E-state index < -0.39 is 11.9 Å². The first-order chi connectivity index (χ1) is 7.91. The van der Waals surface area contributed by atoms with E-state index in [1.165, 1.54) is 19.2 Å². The molecule has 0 atom stereocenters. The van der Waals surface area contributed by atoms with Crippen LogP contribution in [0.4, 0.5) is 0 Å². The molecule has 1 aromatic rings. The number of hydrogen-bond acceptors (Lipinski definition) is 4. The zero-order valence-electron chi connectivity index (χ0n) is 9.85. The molecule has 0 fully saturated rings. The van der Waals surface area contributed by atoms with Crippen LogP contribution >= 0.6 is 0 Å². The topological polar surface area (TPSA) is 76.5 Å². The van der Waals surface area contributed by atoms with Gasteiger partial charge in [0.15, 0.2) is 5.75 Å². The van der Waals surface area contributed by atoms with E-state index in [-0.39, 0.29) is 0 Å². The molecule has 0 saturated heterocycles.